The van der Waals surface area contributed by atoms with Crippen LogP contribution in [-0.4, -0.2) is 16.8 Å². The lowest BCUT2D eigenvalue weighted by Crippen LogP contribution is -2.09. The molecule has 0 fully saturated rings. The Bertz CT molecular complexity index is 248. The number of ether oxygens (including phenoxy) is 1. The Hall–Kier alpha value is -0.250. The van der Waals surface area contributed by atoms with Crippen molar-refractivity contribution in [2.75, 3.05) is 6.61 Å². The molecule has 0 aromatic carbocycles. The maximum atomic E-state index is 5.67. The van der Waals surface area contributed by atoms with Gasteiger partial charge in [0.15, 0.2) is 0 Å². The fraction of sp³-hybridized carbons (Fsp3) is 0.571. The van der Waals surface area contributed by atoms with Gasteiger partial charge in [0.05, 0.1) is 24.8 Å². The highest BCUT2D eigenvalue weighted by Gasteiger charge is 2.15. The lowest BCUT2D eigenvalue weighted by atomic mass is 10.1. The fourth-order valence-corrected chi connectivity index (χ4v) is 1.50. The molecule has 0 radical (unpaired) electrons. The molecule has 1 aromatic heterocycles. The van der Waals surface area contributed by atoms with Gasteiger partial charge in [-0.25, -0.2) is 0 Å². The molecule has 2 heterocycles. The molecule has 2 rings (SSSR count). The summed E-state index contributed by atoms with van der Waals surface area (Å²) in [5.41, 5.74) is 3.28. The number of hydrogen-bond donors (Lipinski definition) is 1. The first-order valence-electron chi connectivity index (χ1n) is 3.60. The molecule has 0 aliphatic carbocycles. The molecule has 0 saturated heterocycles. The van der Waals surface area contributed by atoms with Crippen LogP contribution in [0.5, 0.6) is 0 Å². The molecule has 1 N–H and O–H groups in total. The highest BCUT2D eigenvalue weighted by atomic mass is 35.5. The largest absolute Gasteiger partial charge is 0.376 e. The lowest BCUT2D eigenvalue weighted by molar-refractivity contribution is 0.109. The third-order valence-electron chi connectivity index (χ3n) is 1.91. The minimum atomic E-state index is 0. The first kappa shape index (κ1) is 9.84. The zero-order valence-corrected chi connectivity index (χ0v) is 8.04. The maximum absolute atomic E-state index is 5.67. The lowest BCUT2D eigenvalue weighted by Gasteiger charge is -2.11. The maximum Gasteiger partial charge on any atom is 0.0827 e. The van der Waals surface area contributed by atoms with Crippen molar-refractivity contribution in [3.05, 3.63) is 17.0 Å². The van der Waals surface area contributed by atoms with E-state index < -0.39 is 0 Å². The standard InChI is InChI=1S/C7H9ClN2O.ClH/c8-3-7-5-4-11-2-1-6(5)9-10-7;/h1-4H2,(H,9,10);1H. The predicted octanol–water partition coefficient (Wildman–Crippen LogP) is 1.64. The summed E-state index contributed by atoms with van der Waals surface area (Å²) in [5, 5.41) is 7.04. The molecule has 1 aliphatic heterocycles. The minimum absolute atomic E-state index is 0. The van der Waals surface area contributed by atoms with Crippen LogP contribution in [0.25, 0.3) is 0 Å². The monoisotopic (exact) mass is 208 g/mol. The number of H-pyrrole nitrogens is 1. The molecule has 0 spiro atoms. The summed E-state index contributed by atoms with van der Waals surface area (Å²) in [6.07, 6.45) is 0.930. The normalized spacial score (nSPS) is 15.1. The summed E-state index contributed by atoms with van der Waals surface area (Å²) in [4.78, 5) is 0. The van der Waals surface area contributed by atoms with E-state index in [4.69, 9.17) is 16.3 Å². The number of aromatic amines is 1. The molecule has 5 heteroatoms. The van der Waals surface area contributed by atoms with E-state index >= 15 is 0 Å². The van der Waals surface area contributed by atoms with Crippen molar-refractivity contribution in [2.45, 2.75) is 18.9 Å². The van der Waals surface area contributed by atoms with Gasteiger partial charge in [-0.3, -0.25) is 5.10 Å². The molecule has 0 atom stereocenters. The van der Waals surface area contributed by atoms with Crippen molar-refractivity contribution in [3.8, 4) is 0 Å². The van der Waals surface area contributed by atoms with Gasteiger partial charge in [-0.15, -0.1) is 24.0 Å². The van der Waals surface area contributed by atoms with Gasteiger partial charge in [0.2, 0.25) is 0 Å². The Labute approximate surface area is 81.9 Å². The van der Waals surface area contributed by atoms with Gasteiger partial charge in [0, 0.05) is 17.7 Å². The molecule has 0 amide bonds. The number of alkyl halides is 1. The van der Waals surface area contributed by atoms with E-state index in [0.717, 1.165) is 24.3 Å². The van der Waals surface area contributed by atoms with Crippen LogP contribution in [0.4, 0.5) is 0 Å². The van der Waals surface area contributed by atoms with Crippen molar-refractivity contribution in [1.82, 2.24) is 10.2 Å². The van der Waals surface area contributed by atoms with Crippen molar-refractivity contribution in [2.24, 2.45) is 0 Å². The van der Waals surface area contributed by atoms with E-state index in [1.807, 2.05) is 0 Å². The quantitative estimate of drug-likeness (QED) is 0.714. The summed E-state index contributed by atoms with van der Waals surface area (Å²) in [6.45, 7) is 1.45. The van der Waals surface area contributed by atoms with Crippen LogP contribution < -0.4 is 0 Å². The van der Waals surface area contributed by atoms with Gasteiger partial charge < -0.3 is 4.74 Å². The van der Waals surface area contributed by atoms with Gasteiger partial charge in [-0.05, 0) is 0 Å². The predicted molar refractivity (Wildman–Crippen MR) is 48.8 cm³/mol. The van der Waals surface area contributed by atoms with Crippen molar-refractivity contribution < 1.29 is 4.74 Å². The second-order valence-corrected chi connectivity index (χ2v) is 2.83. The minimum Gasteiger partial charge on any atom is -0.376 e. The van der Waals surface area contributed by atoms with E-state index in [0.29, 0.717) is 12.5 Å². The number of hydrogen-bond acceptors (Lipinski definition) is 2. The van der Waals surface area contributed by atoms with E-state index in [2.05, 4.69) is 10.2 Å². The molecule has 1 aromatic rings. The Balaban J connectivity index is 0.000000720. The Kier molecular flexibility index (Phi) is 3.38. The average molecular weight is 209 g/mol. The van der Waals surface area contributed by atoms with Crippen LogP contribution in [0, 0.1) is 0 Å². The van der Waals surface area contributed by atoms with Gasteiger partial charge in [-0.1, -0.05) is 0 Å². The van der Waals surface area contributed by atoms with Crippen molar-refractivity contribution in [3.63, 3.8) is 0 Å². The summed E-state index contributed by atoms with van der Waals surface area (Å²) < 4.78 is 5.28. The molecule has 12 heavy (non-hydrogen) atoms. The highest BCUT2D eigenvalue weighted by Crippen LogP contribution is 2.18. The van der Waals surface area contributed by atoms with E-state index in [9.17, 15) is 0 Å². The second kappa shape index (κ2) is 4.12. The number of halogens is 2. The van der Waals surface area contributed by atoms with Crippen LogP contribution in [0.1, 0.15) is 17.0 Å². The molecule has 0 bridgehead atoms. The fourth-order valence-electron chi connectivity index (χ4n) is 1.28. The van der Waals surface area contributed by atoms with Gasteiger partial charge in [0.25, 0.3) is 0 Å². The molecule has 0 saturated carbocycles. The van der Waals surface area contributed by atoms with Crippen LogP contribution in [0.2, 0.25) is 0 Å². The molecule has 68 valence electrons. The van der Waals surface area contributed by atoms with Crippen molar-refractivity contribution in [1.29, 1.82) is 0 Å². The van der Waals surface area contributed by atoms with Gasteiger partial charge in [0.1, 0.15) is 0 Å². The molecule has 1 aliphatic rings. The Morgan fingerprint density at radius 2 is 2.42 bits per heavy atom. The third kappa shape index (κ3) is 1.58. The number of nitrogens with zero attached hydrogens (tertiary/aromatic N) is 1. The molecule has 3 nitrogen and oxygen atoms in total. The summed E-state index contributed by atoms with van der Waals surface area (Å²) in [5.74, 6) is 0.467. The molecule has 0 unspecified atom stereocenters. The Morgan fingerprint density at radius 1 is 1.58 bits per heavy atom. The van der Waals surface area contributed by atoms with Crippen molar-refractivity contribution >= 4 is 24.0 Å². The summed E-state index contributed by atoms with van der Waals surface area (Å²) in [7, 11) is 0. The smallest absolute Gasteiger partial charge is 0.0827 e. The highest BCUT2D eigenvalue weighted by molar-refractivity contribution is 6.17. The number of aromatic nitrogens is 2. The zero-order chi connectivity index (χ0) is 7.68. The SMILES string of the molecule is Cl.ClCc1n[nH]c2c1COCC2. The van der Waals surface area contributed by atoms with E-state index in [-0.39, 0.29) is 12.4 Å². The summed E-state index contributed by atoms with van der Waals surface area (Å²) >= 11 is 5.67. The topological polar surface area (TPSA) is 37.9 Å². The second-order valence-electron chi connectivity index (χ2n) is 2.56. The van der Waals surface area contributed by atoms with E-state index in [1.54, 1.807) is 0 Å². The number of nitrogens with one attached hydrogen (secondary N) is 1. The Morgan fingerprint density at radius 3 is 3.17 bits per heavy atom. The average Bonchev–Trinajstić information content (AvgIpc) is 2.47. The van der Waals surface area contributed by atoms with Gasteiger partial charge >= 0.3 is 0 Å². The molecular weight excluding hydrogens is 199 g/mol. The van der Waals surface area contributed by atoms with Crippen LogP contribution in [0.3, 0.4) is 0 Å². The molecular formula is C7H10Cl2N2O. The van der Waals surface area contributed by atoms with Crippen LogP contribution in [-0.2, 0) is 23.6 Å². The summed E-state index contributed by atoms with van der Waals surface area (Å²) in [6, 6.07) is 0. The first-order valence-corrected chi connectivity index (χ1v) is 4.14. The van der Waals surface area contributed by atoms with Gasteiger partial charge in [-0.2, -0.15) is 5.10 Å². The first-order chi connectivity index (χ1) is 5.42. The third-order valence-corrected chi connectivity index (χ3v) is 2.16. The number of fused-ring (bicyclic) bond motifs is 1. The van der Waals surface area contributed by atoms with E-state index in [1.165, 1.54) is 5.69 Å². The zero-order valence-electron chi connectivity index (χ0n) is 6.47. The van der Waals surface area contributed by atoms with Crippen LogP contribution >= 0.6 is 24.0 Å². The number of rotatable bonds is 1. The van der Waals surface area contributed by atoms with Crippen LogP contribution in [0.15, 0.2) is 0 Å².